The lowest BCUT2D eigenvalue weighted by Gasteiger charge is -2.23. The van der Waals surface area contributed by atoms with Crippen molar-refractivity contribution in [2.75, 3.05) is 0 Å². The summed E-state index contributed by atoms with van der Waals surface area (Å²) in [6, 6.07) is 0. The Hall–Kier alpha value is 0.630. The van der Waals surface area contributed by atoms with E-state index in [4.69, 9.17) is 0 Å². The van der Waals surface area contributed by atoms with Gasteiger partial charge in [0.05, 0.1) is 5.66 Å². The number of halogens is 1. The normalized spacial score (nSPS) is 13.5. The van der Waals surface area contributed by atoms with Crippen LogP contribution in [0.5, 0.6) is 0 Å². The molecule has 0 aromatic carbocycles. The molecule has 0 bridgehead atoms. The molecule has 0 aliphatic heterocycles. The van der Waals surface area contributed by atoms with Gasteiger partial charge < -0.3 is 9.79 Å². The van der Waals surface area contributed by atoms with Gasteiger partial charge in [0, 0.05) is 4.83 Å². The van der Waals surface area contributed by atoms with Gasteiger partial charge in [0.1, 0.15) is 0 Å². The van der Waals surface area contributed by atoms with Crippen LogP contribution in [0.1, 0.15) is 232 Å². The molecule has 0 aromatic heterocycles. The zero-order chi connectivity index (χ0) is 31.7. The third-order valence-electron chi connectivity index (χ3n) is 9.54. The second kappa shape index (κ2) is 34.0. The molecule has 2 N–H and O–H groups in total. The third kappa shape index (κ3) is 32.4. The van der Waals surface area contributed by atoms with Gasteiger partial charge in [0.25, 0.3) is 0 Å². The van der Waals surface area contributed by atoms with E-state index < -0.39 is 13.3 Å². The maximum Gasteiger partial charge on any atom is 0.329 e. The van der Waals surface area contributed by atoms with Gasteiger partial charge in [0.15, 0.2) is 0 Å². The van der Waals surface area contributed by atoms with Gasteiger partial charge in [-0.05, 0) is 12.8 Å². The van der Waals surface area contributed by atoms with Crippen LogP contribution in [0.4, 0.5) is 0 Å². The van der Waals surface area contributed by atoms with Crippen LogP contribution >= 0.6 is 23.5 Å². The monoisotopic (exact) mass is 692 g/mol. The minimum Gasteiger partial charge on any atom is -0.324 e. The molecule has 0 aliphatic carbocycles. The molecule has 5 heteroatoms. The van der Waals surface area contributed by atoms with Crippen molar-refractivity contribution < 1.29 is 14.4 Å². The summed E-state index contributed by atoms with van der Waals surface area (Å²) in [5, 5.41) is 0. The summed E-state index contributed by atoms with van der Waals surface area (Å²) in [6.07, 6.45) is 44.4. The van der Waals surface area contributed by atoms with Crippen molar-refractivity contribution in [2.45, 2.75) is 243 Å². The Bertz CT molecular complexity index is 582. The highest BCUT2D eigenvalue weighted by Gasteiger charge is 2.33. The van der Waals surface area contributed by atoms with Gasteiger partial charge in [-0.3, -0.25) is 4.57 Å². The molecule has 43 heavy (non-hydrogen) atoms. The molecule has 0 aliphatic rings. The molecule has 0 rings (SSSR count). The molecular formula is C38H78BrO3P. The maximum atomic E-state index is 12.2. The number of alkyl halides is 1. The standard InChI is InChI=1S/C38H78BrO3P/c1-3-5-7-9-11-13-15-17-19-21-23-25-27-29-31-33-35-37(39)38(43(40,41)42)36-34-32-30-28-26-24-22-20-18-16-14-12-10-8-6-4-2/h37-38H,3-36H2,1-2H3,(H2,40,41,42). The molecule has 0 radical (unpaired) electrons. The van der Waals surface area contributed by atoms with E-state index in [1.54, 1.807) is 0 Å². The first-order chi connectivity index (χ1) is 20.9. The fraction of sp³-hybridized carbons (Fsp3) is 1.00. The fourth-order valence-electron chi connectivity index (χ4n) is 6.54. The Kier molecular flexibility index (Phi) is 34.5. The van der Waals surface area contributed by atoms with Crippen LogP contribution in [0.25, 0.3) is 0 Å². The zero-order valence-corrected chi connectivity index (χ0v) is 31.8. The Morgan fingerprint density at radius 2 is 0.605 bits per heavy atom. The minimum atomic E-state index is -4.06. The predicted molar refractivity (Wildman–Crippen MR) is 197 cm³/mol. The second-order valence-corrected chi connectivity index (χ2v) is 16.9. The van der Waals surface area contributed by atoms with Gasteiger partial charge in [-0.25, -0.2) is 0 Å². The lowest BCUT2D eigenvalue weighted by molar-refractivity contribution is 0.348. The molecule has 0 amide bonds. The van der Waals surface area contributed by atoms with Gasteiger partial charge in [-0.1, -0.05) is 235 Å². The van der Waals surface area contributed by atoms with E-state index in [-0.39, 0.29) is 4.83 Å². The van der Waals surface area contributed by atoms with Crippen LogP contribution in [0.3, 0.4) is 0 Å². The van der Waals surface area contributed by atoms with Crippen molar-refractivity contribution in [3.05, 3.63) is 0 Å². The van der Waals surface area contributed by atoms with Crippen LogP contribution in [0.2, 0.25) is 0 Å². The highest BCUT2D eigenvalue weighted by atomic mass is 79.9. The average Bonchev–Trinajstić information content (AvgIpc) is 2.97. The molecule has 0 fully saturated rings. The van der Waals surface area contributed by atoms with Gasteiger partial charge >= 0.3 is 7.60 Å². The van der Waals surface area contributed by atoms with Crippen LogP contribution < -0.4 is 0 Å². The van der Waals surface area contributed by atoms with Crippen molar-refractivity contribution in [3.8, 4) is 0 Å². The van der Waals surface area contributed by atoms with E-state index >= 15 is 0 Å². The van der Waals surface area contributed by atoms with Gasteiger partial charge in [-0.2, -0.15) is 0 Å². The molecule has 0 spiro atoms. The number of hydrogen-bond acceptors (Lipinski definition) is 1. The molecule has 0 aromatic rings. The van der Waals surface area contributed by atoms with E-state index in [1.807, 2.05) is 0 Å². The van der Waals surface area contributed by atoms with Gasteiger partial charge in [-0.15, -0.1) is 0 Å². The molecule has 260 valence electrons. The Labute approximate surface area is 279 Å². The van der Waals surface area contributed by atoms with Crippen LogP contribution in [-0.2, 0) is 4.57 Å². The molecule has 0 heterocycles. The molecule has 2 atom stereocenters. The van der Waals surface area contributed by atoms with Crippen molar-refractivity contribution in [3.63, 3.8) is 0 Å². The summed E-state index contributed by atoms with van der Waals surface area (Å²) in [7, 11) is -4.06. The SMILES string of the molecule is CCCCCCCCCCCCCCCCCCC(Br)C(CCCCCCCCCCCCCCCCCC)P(=O)(O)O. The van der Waals surface area contributed by atoms with E-state index in [9.17, 15) is 14.4 Å². The largest absolute Gasteiger partial charge is 0.329 e. The van der Waals surface area contributed by atoms with E-state index in [2.05, 4.69) is 29.8 Å². The zero-order valence-electron chi connectivity index (χ0n) is 29.3. The lowest BCUT2D eigenvalue weighted by Crippen LogP contribution is -2.21. The fourth-order valence-corrected chi connectivity index (χ4v) is 9.14. The highest BCUT2D eigenvalue weighted by molar-refractivity contribution is 9.09. The molecule has 0 saturated carbocycles. The van der Waals surface area contributed by atoms with Crippen LogP contribution in [0.15, 0.2) is 0 Å². The summed E-state index contributed by atoms with van der Waals surface area (Å²) < 4.78 is 12.2. The molecule has 0 saturated heterocycles. The van der Waals surface area contributed by atoms with Crippen molar-refractivity contribution >= 4 is 23.5 Å². The summed E-state index contributed by atoms with van der Waals surface area (Å²) in [6.45, 7) is 4.57. The number of hydrogen-bond donors (Lipinski definition) is 2. The smallest absolute Gasteiger partial charge is 0.324 e. The first-order valence-electron chi connectivity index (χ1n) is 19.6. The number of rotatable bonds is 36. The van der Waals surface area contributed by atoms with Crippen molar-refractivity contribution in [1.82, 2.24) is 0 Å². The first kappa shape index (κ1) is 43.6. The topological polar surface area (TPSA) is 57.5 Å². The lowest BCUT2D eigenvalue weighted by atomic mass is 10.0. The molecular weight excluding hydrogens is 615 g/mol. The summed E-state index contributed by atoms with van der Waals surface area (Å²) in [4.78, 5) is 19.9. The summed E-state index contributed by atoms with van der Waals surface area (Å²) >= 11 is 3.68. The Morgan fingerprint density at radius 3 is 0.837 bits per heavy atom. The second-order valence-electron chi connectivity index (χ2n) is 13.9. The highest BCUT2D eigenvalue weighted by Crippen LogP contribution is 2.48. The van der Waals surface area contributed by atoms with Crippen LogP contribution in [0, 0.1) is 0 Å². The molecule has 3 nitrogen and oxygen atoms in total. The van der Waals surface area contributed by atoms with Gasteiger partial charge in [0.2, 0.25) is 0 Å². The van der Waals surface area contributed by atoms with Crippen molar-refractivity contribution in [2.24, 2.45) is 0 Å². The quantitative estimate of drug-likeness (QED) is 0.0390. The Balaban J connectivity index is 3.62. The summed E-state index contributed by atoms with van der Waals surface area (Å²) in [5.41, 5.74) is -0.518. The summed E-state index contributed by atoms with van der Waals surface area (Å²) in [5.74, 6) is 0. The Morgan fingerprint density at radius 1 is 0.395 bits per heavy atom. The van der Waals surface area contributed by atoms with Crippen LogP contribution in [-0.4, -0.2) is 20.3 Å². The maximum absolute atomic E-state index is 12.2. The van der Waals surface area contributed by atoms with E-state index in [0.717, 1.165) is 25.7 Å². The van der Waals surface area contributed by atoms with E-state index in [0.29, 0.717) is 6.42 Å². The van der Waals surface area contributed by atoms with E-state index in [1.165, 1.54) is 186 Å². The minimum absolute atomic E-state index is 0.0590. The third-order valence-corrected chi connectivity index (χ3v) is 12.5. The first-order valence-corrected chi connectivity index (χ1v) is 22.2. The predicted octanol–water partition coefficient (Wildman–Crippen LogP) is 14.6. The average molecular weight is 694 g/mol. The number of unbranched alkanes of at least 4 members (excludes halogenated alkanes) is 30. The van der Waals surface area contributed by atoms with Crippen molar-refractivity contribution in [1.29, 1.82) is 0 Å². The molecule has 2 unspecified atom stereocenters.